The summed E-state index contributed by atoms with van der Waals surface area (Å²) in [6, 6.07) is 2.70. The molecular weight excluding hydrogens is 248 g/mol. The van der Waals surface area contributed by atoms with E-state index in [4.69, 9.17) is 5.11 Å². The van der Waals surface area contributed by atoms with Crippen molar-refractivity contribution in [3.05, 3.63) is 36.3 Å². The average Bonchev–Trinajstić information content (AvgIpc) is 2.97. The van der Waals surface area contributed by atoms with Gasteiger partial charge in [-0.05, 0) is 19.1 Å². The molecule has 0 bridgehead atoms. The van der Waals surface area contributed by atoms with E-state index in [2.05, 4.69) is 10.4 Å². The third kappa shape index (κ3) is 2.49. The van der Waals surface area contributed by atoms with Crippen LogP contribution in [0.1, 0.15) is 17.3 Å². The summed E-state index contributed by atoms with van der Waals surface area (Å²) in [6.45, 7) is 1.41. The molecule has 7 nitrogen and oxygen atoms in total. The Balaban J connectivity index is 2.31. The topological polar surface area (TPSA) is 89.2 Å². The van der Waals surface area contributed by atoms with E-state index in [1.807, 2.05) is 12.1 Å². The molecule has 2 rings (SSSR count). The molecule has 19 heavy (non-hydrogen) atoms. The van der Waals surface area contributed by atoms with Crippen molar-refractivity contribution >= 4 is 11.9 Å². The second-order valence-corrected chi connectivity index (χ2v) is 4.13. The van der Waals surface area contributed by atoms with E-state index in [0.29, 0.717) is 11.4 Å². The Kier molecular flexibility index (Phi) is 3.37. The number of carboxylic acids is 1. The minimum absolute atomic E-state index is 0.326. The number of nitrogens with one attached hydrogen (secondary N) is 1. The number of hydrogen-bond donors (Lipinski definition) is 2. The number of hydrogen-bond acceptors (Lipinski definition) is 3. The summed E-state index contributed by atoms with van der Waals surface area (Å²) in [5, 5.41) is 15.2. The van der Waals surface area contributed by atoms with Crippen LogP contribution >= 0.6 is 0 Å². The summed E-state index contributed by atoms with van der Waals surface area (Å²) in [5.74, 6) is -0.966. The van der Waals surface area contributed by atoms with E-state index in [-0.39, 0.29) is 0 Å². The molecule has 0 spiro atoms. The Morgan fingerprint density at radius 2 is 2.00 bits per heavy atom. The lowest BCUT2D eigenvalue weighted by atomic mass is 10.2. The molecule has 0 aliphatic rings. The number of aryl methyl sites for hydroxylation is 1. The van der Waals surface area contributed by atoms with E-state index < -0.39 is 17.9 Å². The Bertz CT molecular complexity index is 601. The van der Waals surface area contributed by atoms with Crippen LogP contribution in [0.4, 0.5) is 0 Å². The molecule has 1 atom stereocenters. The molecule has 0 fully saturated rings. The third-order valence-corrected chi connectivity index (χ3v) is 2.72. The standard InChI is InChI=1S/C12H14N4O3/c1-8(12(18)19)14-10(17)9-7-13-15(2)11(9)16-5-3-4-6-16/h3-8H,1-2H3,(H,14,17)(H,18,19)/t8-/m0/s1. The van der Waals surface area contributed by atoms with Gasteiger partial charge in [-0.2, -0.15) is 5.10 Å². The zero-order chi connectivity index (χ0) is 14.0. The first-order valence-corrected chi connectivity index (χ1v) is 5.69. The highest BCUT2D eigenvalue weighted by Crippen LogP contribution is 2.13. The van der Waals surface area contributed by atoms with Crippen molar-refractivity contribution in [1.29, 1.82) is 0 Å². The first-order chi connectivity index (χ1) is 9.00. The number of rotatable bonds is 4. The van der Waals surface area contributed by atoms with Gasteiger partial charge >= 0.3 is 5.97 Å². The van der Waals surface area contributed by atoms with Crippen molar-refractivity contribution in [3.63, 3.8) is 0 Å². The number of aliphatic carboxylic acids is 1. The largest absolute Gasteiger partial charge is 0.480 e. The maximum Gasteiger partial charge on any atom is 0.325 e. The summed E-state index contributed by atoms with van der Waals surface area (Å²) in [5.41, 5.74) is 0.326. The van der Waals surface area contributed by atoms with E-state index in [9.17, 15) is 9.59 Å². The fourth-order valence-corrected chi connectivity index (χ4v) is 1.71. The summed E-state index contributed by atoms with van der Waals surface area (Å²) in [6.07, 6.45) is 4.99. The number of nitrogens with zero attached hydrogens (tertiary/aromatic N) is 3. The lowest BCUT2D eigenvalue weighted by Gasteiger charge is -2.10. The molecule has 7 heteroatoms. The normalized spacial score (nSPS) is 12.1. The number of amides is 1. The minimum Gasteiger partial charge on any atom is -0.480 e. The average molecular weight is 262 g/mol. The molecule has 0 aliphatic carbocycles. The van der Waals surface area contributed by atoms with E-state index in [1.54, 1.807) is 28.7 Å². The van der Waals surface area contributed by atoms with Crippen LogP contribution in [-0.4, -0.2) is 37.4 Å². The molecule has 1 amide bonds. The molecule has 0 saturated heterocycles. The number of carbonyl (C=O) groups is 2. The van der Waals surface area contributed by atoms with Gasteiger partial charge in [0.15, 0.2) is 0 Å². The molecule has 0 aromatic carbocycles. The summed E-state index contributed by atoms with van der Waals surface area (Å²) >= 11 is 0. The Labute approximate surface area is 109 Å². The molecular formula is C12H14N4O3. The predicted octanol–water partition coefficient (Wildman–Crippen LogP) is 0.414. The highest BCUT2D eigenvalue weighted by molar-refractivity contribution is 5.98. The van der Waals surface area contributed by atoms with Crippen LogP contribution in [0.25, 0.3) is 5.82 Å². The van der Waals surface area contributed by atoms with Crippen LogP contribution < -0.4 is 5.32 Å². The number of aromatic nitrogens is 3. The lowest BCUT2D eigenvalue weighted by Crippen LogP contribution is -2.38. The van der Waals surface area contributed by atoms with Gasteiger partial charge in [-0.3, -0.25) is 14.3 Å². The van der Waals surface area contributed by atoms with Crippen LogP contribution in [0.3, 0.4) is 0 Å². The Morgan fingerprint density at radius 3 is 2.58 bits per heavy atom. The van der Waals surface area contributed by atoms with Gasteiger partial charge in [-0.15, -0.1) is 0 Å². The van der Waals surface area contributed by atoms with Gasteiger partial charge in [0.25, 0.3) is 5.91 Å². The Morgan fingerprint density at radius 1 is 1.37 bits per heavy atom. The van der Waals surface area contributed by atoms with Gasteiger partial charge in [-0.1, -0.05) is 0 Å². The van der Waals surface area contributed by atoms with Crippen LogP contribution in [0.5, 0.6) is 0 Å². The molecule has 100 valence electrons. The molecule has 2 aromatic rings. The van der Waals surface area contributed by atoms with Crippen molar-refractivity contribution < 1.29 is 14.7 Å². The molecule has 0 saturated carbocycles. The molecule has 2 aromatic heterocycles. The van der Waals surface area contributed by atoms with E-state index >= 15 is 0 Å². The van der Waals surface area contributed by atoms with Crippen molar-refractivity contribution in [1.82, 2.24) is 19.7 Å². The van der Waals surface area contributed by atoms with Crippen molar-refractivity contribution in [2.24, 2.45) is 7.05 Å². The van der Waals surface area contributed by atoms with Gasteiger partial charge in [0.1, 0.15) is 17.4 Å². The summed E-state index contributed by atoms with van der Waals surface area (Å²) in [7, 11) is 1.72. The first-order valence-electron chi connectivity index (χ1n) is 5.69. The second kappa shape index (κ2) is 4.97. The van der Waals surface area contributed by atoms with Gasteiger partial charge in [-0.25, -0.2) is 0 Å². The molecule has 0 unspecified atom stereocenters. The monoisotopic (exact) mass is 262 g/mol. The van der Waals surface area contributed by atoms with Crippen molar-refractivity contribution in [3.8, 4) is 5.82 Å². The zero-order valence-corrected chi connectivity index (χ0v) is 10.6. The molecule has 0 radical (unpaired) electrons. The van der Waals surface area contributed by atoms with E-state index in [1.165, 1.54) is 13.1 Å². The van der Waals surface area contributed by atoms with Crippen LogP contribution in [0.15, 0.2) is 30.7 Å². The summed E-state index contributed by atoms with van der Waals surface area (Å²) < 4.78 is 3.30. The first kappa shape index (κ1) is 12.9. The lowest BCUT2D eigenvalue weighted by molar-refractivity contribution is -0.138. The van der Waals surface area contributed by atoms with Gasteiger partial charge in [0, 0.05) is 19.4 Å². The molecule has 0 aliphatic heterocycles. The van der Waals surface area contributed by atoms with Crippen LogP contribution in [0, 0.1) is 0 Å². The second-order valence-electron chi connectivity index (χ2n) is 4.13. The van der Waals surface area contributed by atoms with Crippen LogP contribution in [0.2, 0.25) is 0 Å². The van der Waals surface area contributed by atoms with E-state index in [0.717, 1.165) is 0 Å². The Hall–Kier alpha value is -2.57. The fourth-order valence-electron chi connectivity index (χ4n) is 1.71. The highest BCUT2D eigenvalue weighted by Gasteiger charge is 2.21. The van der Waals surface area contributed by atoms with Crippen molar-refractivity contribution in [2.45, 2.75) is 13.0 Å². The third-order valence-electron chi connectivity index (χ3n) is 2.72. The maximum atomic E-state index is 12.0. The van der Waals surface area contributed by atoms with Crippen molar-refractivity contribution in [2.75, 3.05) is 0 Å². The smallest absolute Gasteiger partial charge is 0.325 e. The molecule has 2 heterocycles. The van der Waals surface area contributed by atoms with Crippen LogP contribution in [-0.2, 0) is 11.8 Å². The SMILES string of the molecule is C[C@H](NC(=O)c1cnn(C)c1-n1cccc1)C(=O)O. The zero-order valence-electron chi connectivity index (χ0n) is 10.6. The quantitative estimate of drug-likeness (QED) is 0.835. The number of carboxylic acid groups (broad SMARTS) is 1. The van der Waals surface area contributed by atoms with Gasteiger partial charge in [0.2, 0.25) is 0 Å². The predicted molar refractivity (Wildman–Crippen MR) is 67.1 cm³/mol. The van der Waals surface area contributed by atoms with Gasteiger partial charge in [0.05, 0.1) is 6.20 Å². The maximum absolute atomic E-state index is 12.0. The highest BCUT2D eigenvalue weighted by atomic mass is 16.4. The fraction of sp³-hybridized carbons (Fsp3) is 0.250. The minimum atomic E-state index is -1.08. The number of carbonyl (C=O) groups excluding carboxylic acids is 1. The molecule has 2 N–H and O–H groups in total. The van der Waals surface area contributed by atoms with Gasteiger partial charge < -0.3 is 15.0 Å². The summed E-state index contributed by atoms with van der Waals surface area (Å²) in [4.78, 5) is 22.8.